The van der Waals surface area contributed by atoms with Crippen molar-refractivity contribution in [2.75, 3.05) is 4.81 Å². The van der Waals surface area contributed by atoms with Gasteiger partial charge in [-0.05, 0) is 58.3 Å². The van der Waals surface area contributed by atoms with Crippen LogP contribution in [0.4, 0.5) is 11.4 Å². The molecule has 3 heteroatoms. The van der Waals surface area contributed by atoms with Gasteiger partial charge in [0.05, 0.1) is 11.0 Å². The molecule has 37 heavy (non-hydrogen) atoms. The Morgan fingerprint density at radius 2 is 1.43 bits per heavy atom. The van der Waals surface area contributed by atoms with Crippen molar-refractivity contribution in [2.45, 2.75) is 26.2 Å². The zero-order valence-corrected chi connectivity index (χ0v) is 21.2. The van der Waals surface area contributed by atoms with Gasteiger partial charge in [0.1, 0.15) is 0 Å². The van der Waals surface area contributed by atoms with E-state index < -0.39 is 0 Å². The predicted molar refractivity (Wildman–Crippen MR) is 157 cm³/mol. The number of benzene rings is 5. The van der Waals surface area contributed by atoms with Crippen LogP contribution in [0, 0.1) is 6.92 Å². The molecule has 0 bridgehead atoms. The lowest BCUT2D eigenvalue weighted by Crippen LogP contribution is -2.62. The predicted octanol–water partition coefficient (Wildman–Crippen LogP) is 6.97. The molecule has 4 heterocycles. The van der Waals surface area contributed by atoms with E-state index in [0.717, 1.165) is 0 Å². The Balaban J connectivity index is 1.56. The lowest BCUT2D eigenvalue weighted by atomic mass is 9.43. The Kier molecular flexibility index (Phi) is 3.42. The van der Waals surface area contributed by atoms with Crippen LogP contribution in [0.1, 0.15) is 30.5 Å². The highest BCUT2D eigenvalue weighted by Gasteiger charge is 2.49. The number of nitrogens with zero attached hydrogens (tertiary/aromatic N) is 2. The first-order valence-electron chi connectivity index (χ1n) is 13.3. The maximum Gasteiger partial charge on any atom is 0.333 e. The summed E-state index contributed by atoms with van der Waals surface area (Å²) in [4.78, 5) is 2.67. The van der Waals surface area contributed by atoms with E-state index in [0.29, 0.717) is 0 Å². The van der Waals surface area contributed by atoms with Crippen LogP contribution < -0.4 is 15.7 Å². The molecular formula is C34H25BN2. The van der Waals surface area contributed by atoms with Crippen LogP contribution in [0.15, 0.2) is 97.1 Å². The summed E-state index contributed by atoms with van der Waals surface area (Å²) in [5.41, 5.74) is 16.3. The summed E-state index contributed by atoms with van der Waals surface area (Å²) in [5.74, 6) is 0. The van der Waals surface area contributed by atoms with E-state index in [-0.39, 0.29) is 12.3 Å². The van der Waals surface area contributed by atoms with Crippen molar-refractivity contribution >= 4 is 51.0 Å². The van der Waals surface area contributed by atoms with Crippen molar-refractivity contribution < 1.29 is 0 Å². The highest BCUT2D eigenvalue weighted by molar-refractivity contribution is 6.93. The highest BCUT2D eigenvalue weighted by atomic mass is 15.1. The van der Waals surface area contributed by atoms with Crippen molar-refractivity contribution in [1.29, 1.82) is 0 Å². The molecule has 3 aliphatic heterocycles. The molecule has 0 aliphatic carbocycles. The van der Waals surface area contributed by atoms with Gasteiger partial charge in [-0.25, -0.2) is 0 Å². The first-order chi connectivity index (χ1) is 18.1. The minimum absolute atomic E-state index is 0.0713. The van der Waals surface area contributed by atoms with E-state index in [4.69, 9.17) is 0 Å². The van der Waals surface area contributed by atoms with Crippen molar-refractivity contribution in [2.24, 2.45) is 0 Å². The van der Waals surface area contributed by atoms with Crippen molar-refractivity contribution in [3.8, 4) is 16.8 Å². The summed E-state index contributed by atoms with van der Waals surface area (Å²) in [6.07, 6.45) is 0. The molecule has 2 nitrogen and oxygen atoms in total. The first kappa shape index (κ1) is 19.9. The van der Waals surface area contributed by atoms with Gasteiger partial charge in [0.15, 0.2) is 0 Å². The number of para-hydroxylation sites is 4. The SMILES string of the molecule is Cc1cc2c3c4c1c1ccccc1n4-c1ccccc1B3N1c3ccccc3C(C)(C)c3cccc-2c31. The molecule has 0 unspecified atom stereocenters. The maximum absolute atomic E-state index is 2.67. The molecule has 0 atom stereocenters. The molecule has 0 spiro atoms. The third-order valence-corrected chi connectivity index (χ3v) is 9.26. The number of hydrogen-bond donors (Lipinski definition) is 0. The highest BCUT2D eigenvalue weighted by Crippen LogP contribution is 2.55. The zero-order valence-electron chi connectivity index (χ0n) is 21.2. The Hall–Kier alpha value is -4.24. The van der Waals surface area contributed by atoms with Crippen molar-refractivity contribution in [1.82, 2.24) is 4.57 Å². The fourth-order valence-electron chi connectivity index (χ4n) is 7.75. The molecule has 0 fully saturated rings. The summed E-state index contributed by atoms with van der Waals surface area (Å²) >= 11 is 0. The lowest BCUT2D eigenvalue weighted by molar-refractivity contribution is 0.634. The molecule has 0 saturated heterocycles. The second-order valence-electron chi connectivity index (χ2n) is 11.4. The van der Waals surface area contributed by atoms with Crippen LogP contribution in [0.25, 0.3) is 38.6 Å². The number of aryl methyl sites for hydroxylation is 1. The minimum atomic E-state index is -0.0713. The molecule has 174 valence electrons. The topological polar surface area (TPSA) is 8.17 Å². The summed E-state index contributed by atoms with van der Waals surface area (Å²) < 4.78 is 2.54. The molecule has 0 saturated carbocycles. The molecule has 3 aliphatic rings. The molecular weight excluding hydrogens is 447 g/mol. The Morgan fingerprint density at radius 3 is 2.32 bits per heavy atom. The van der Waals surface area contributed by atoms with Crippen LogP contribution in [0.2, 0.25) is 0 Å². The van der Waals surface area contributed by atoms with E-state index in [9.17, 15) is 0 Å². The van der Waals surface area contributed by atoms with Crippen LogP contribution in [0.5, 0.6) is 0 Å². The van der Waals surface area contributed by atoms with Gasteiger partial charge in [0.25, 0.3) is 0 Å². The maximum atomic E-state index is 2.67. The molecule has 6 aromatic rings. The van der Waals surface area contributed by atoms with E-state index in [1.54, 1.807) is 0 Å². The first-order valence-corrected chi connectivity index (χ1v) is 13.3. The van der Waals surface area contributed by atoms with Gasteiger partial charge in [-0.3, -0.25) is 0 Å². The lowest BCUT2D eigenvalue weighted by Gasteiger charge is -2.49. The second-order valence-corrected chi connectivity index (χ2v) is 11.4. The van der Waals surface area contributed by atoms with Gasteiger partial charge in [0.2, 0.25) is 0 Å². The van der Waals surface area contributed by atoms with Gasteiger partial charge in [-0.1, -0.05) is 92.7 Å². The number of aromatic nitrogens is 1. The standard InChI is InChI=1S/C34H25BN2/c1-20-19-23-21-12-10-14-25-32(21)37(28-17-8-5-13-24(28)34(25,2)3)35-26-15-6-9-18-29(26)36-27-16-7-4-11-22(27)30(20)33(36)31(23)35/h4-19H,1-3H3. The fraction of sp³-hybridized carbons (Fsp3) is 0.118. The fourth-order valence-corrected chi connectivity index (χ4v) is 7.75. The molecule has 1 aromatic heterocycles. The van der Waals surface area contributed by atoms with E-state index >= 15 is 0 Å². The largest absolute Gasteiger partial charge is 0.376 e. The quantitative estimate of drug-likeness (QED) is 0.217. The van der Waals surface area contributed by atoms with Gasteiger partial charge in [0, 0.05) is 38.8 Å². The number of rotatable bonds is 0. The Labute approximate surface area is 216 Å². The molecule has 5 aromatic carbocycles. The molecule has 0 amide bonds. The Morgan fingerprint density at radius 1 is 0.703 bits per heavy atom. The van der Waals surface area contributed by atoms with Crippen molar-refractivity contribution in [3.63, 3.8) is 0 Å². The summed E-state index contributed by atoms with van der Waals surface area (Å²) in [7, 11) is 0. The van der Waals surface area contributed by atoms with Gasteiger partial charge in [-0.15, -0.1) is 0 Å². The summed E-state index contributed by atoms with van der Waals surface area (Å²) in [6, 6.07) is 36.5. The van der Waals surface area contributed by atoms with Gasteiger partial charge in [-0.2, -0.15) is 0 Å². The van der Waals surface area contributed by atoms with Crippen LogP contribution in [-0.2, 0) is 5.41 Å². The average molecular weight is 472 g/mol. The van der Waals surface area contributed by atoms with Crippen molar-refractivity contribution in [3.05, 3.63) is 114 Å². The summed E-state index contributed by atoms with van der Waals surface area (Å²) in [5, 5.41) is 2.73. The molecule has 9 rings (SSSR count). The average Bonchev–Trinajstić information content (AvgIpc) is 3.28. The smallest absolute Gasteiger partial charge is 0.333 e. The molecule has 0 N–H and O–H groups in total. The zero-order chi connectivity index (χ0) is 24.6. The summed E-state index contributed by atoms with van der Waals surface area (Å²) in [6.45, 7) is 7.19. The minimum Gasteiger partial charge on any atom is -0.376 e. The molecule has 0 radical (unpaired) electrons. The van der Waals surface area contributed by atoms with Crippen LogP contribution in [-0.4, -0.2) is 11.4 Å². The van der Waals surface area contributed by atoms with E-state index in [1.807, 2.05) is 0 Å². The number of anilines is 2. The van der Waals surface area contributed by atoms with E-state index in [2.05, 4.69) is 127 Å². The van der Waals surface area contributed by atoms with Gasteiger partial charge >= 0.3 is 6.85 Å². The van der Waals surface area contributed by atoms with Crippen LogP contribution >= 0.6 is 0 Å². The monoisotopic (exact) mass is 472 g/mol. The second kappa shape index (κ2) is 6.36. The van der Waals surface area contributed by atoms with Crippen LogP contribution in [0.3, 0.4) is 0 Å². The third kappa shape index (κ3) is 2.14. The van der Waals surface area contributed by atoms with Gasteiger partial charge < -0.3 is 9.38 Å². The Bertz CT molecular complexity index is 1990. The number of fused-ring (bicyclic) bond motifs is 10. The third-order valence-electron chi connectivity index (χ3n) is 9.26. The normalized spacial score (nSPS) is 15.5. The van der Waals surface area contributed by atoms with E-state index in [1.165, 1.54) is 77.6 Å². The number of hydrogen-bond acceptors (Lipinski definition) is 1.